The number of fused-ring (bicyclic) bond motifs is 1. The zero-order chi connectivity index (χ0) is 24.8. The smallest absolute Gasteiger partial charge is 0.330 e. The number of benzene rings is 3. The molecule has 0 saturated heterocycles. The second-order valence-electron chi connectivity index (χ2n) is 9.01. The molecule has 5 nitrogen and oxygen atoms in total. The largest absolute Gasteiger partial charge is 0.492 e. The molecule has 0 amide bonds. The van der Waals surface area contributed by atoms with Gasteiger partial charge >= 0.3 is 5.97 Å². The lowest BCUT2D eigenvalue weighted by molar-refractivity contribution is -0.134. The molecule has 1 heterocycles. The highest BCUT2D eigenvalue weighted by atomic mass is 16.5. The highest BCUT2D eigenvalue weighted by Crippen LogP contribution is 2.42. The molecule has 0 fully saturated rings. The number of methoxy groups -OCH3 is 2. The topological polar surface area (TPSA) is 48.0 Å². The number of carbonyl (C=O) groups is 1. The summed E-state index contributed by atoms with van der Waals surface area (Å²) in [5.41, 5.74) is 4.78. The number of carbonyl (C=O) groups excluding carboxylic acids is 1. The van der Waals surface area contributed by atoms with E-state index in [-0.39, 0.29) is 5.97 Å². The first-order chi connectivity index (χ1) is 16.9. The number of hydrogen-bond acceptors (Lipinski definition) is 5. The summed E-state index contributed by atoms with van der Waals surface area (Å²) in [6.07, 6.45) is 7.34. The van der Waals surface area contributed by atoms with Crippen LogP contribution in [-0.4, -0.2) is 25.8 Å². The van der Waals surface area contributed by atoms with Crippen LogP contribution in [0.2, 0.25) is 0 Å². The molecular weight excluding hydrogens is 438 g/mol. The predicted molar refractivity (Wildman–Crippen MR) is 141 cm³/mol. The summed E-state index contributed by atoms with van der Waals surface area (Å²) >= 11 is 0. The number of nitrogens with zero attached hydrogens (tertiary/aromatic N) is 1. The van der Waals surface area contributed by atoms with Crippen LogP contribution in [-0.2, 0) is 22.6 Å². The molecule has 1 aliphatic rings. The third kappa shape index (κ3) is 5.93. The van der Waals surface area contributed by atoms with Crippen LogP contribution in [0.5, 0.6) is 11.5 Å². The third-order valence-corrected chi connectivity index (χ3v) is 5.88. The van der Waals surface area contributed by atoms with E-state index in [1.807, 2.05) is 44.2 Å². The van der Waals surface area contributed by atoms with Gasteiger partial charge in [-0.15, -0.1) is 0 Å². The summed E-state index contributed by atoms with van der Waals surface area (Å²) in [4.78, 5) is 13.9. The molecule has 3 aromatic rings. The van der Waals surface area contributed by atoms with Crippen molar-refractivity contribution in [3.05, 3.63) is 101 Å². The number of anilines is 1. The van der Waals surface area contributed by atoms with Crippen molar-refractivity contribution < 1.29 is 19.0 Å². The highest BCUT2D eigenvalue weighted by molar-refractivity contribution is 5.87. The molecule has 0 aromatic heterocycles. The van der Waals surface area contributed by atoms with Crippen molar-refractivity contribution in [1.29, 1.82) is 0 Å². The van der Waals surface area contributed by atoms with Crippen LogP contribution in [0.15, 0.2) is 78.9 Å². The molecule has 0 saturated carbocycles. The molecule has 180 valence electrons. The van der Waals surface area contributed by atoms with Crippen LogP contribution in [0.3, 0.4) is 0 Å². The van der Waals surface area contributed by atoms with Gasteiger partial charge in [-0.25, -0.2) is 4.79 Å². The van der Waals surface area contributed by atoms with Crippen LogP contribution in [0.25, 0.3) is 12.2 Å². The van der Waals surface area contributed by atoms with Gasteiger partial charge in [-0.1, -0.05) is 60.7 Å². The van der Waals surface area contributed by atoms with Crippen LogP contribution < -0.4 is 14.4 Å². The van der Waals surface area contributed by atoms with Crippen molar-refractivity contribution in [2.75, 3.05) is 19.1 Å². The number of esters is 1. The van der Waals surface area contributed by atoms with Crippen LogP contribution >= 0.6 is 0 Å². The van der Waals surface area contributed by atoms with Gasteiger partial charge in [0.15, 0.2) is 11.5 Å². The average molecular weight is 470 g/mol. The van der Waals surface area contributed by atoms with E-state index in [9.17, 15) is 4.79 Å². The summed E-state index contributed by atoms with van der Waals surface area (Å²) in [5.74, 6) is 1.14. The van der Waals surface area contributed by atoms with E-state index in [2.05, 4.69) is 53.5 Å². The summed E-state index contributed by atoms with van der Waals surface area (Å²) in [6.45, 7) is 5.39. The maximum atomic E-state index is 11.6. The van der Waals surface area contributed by atoms with E-state index in [0.29, 0.717) is 13.1 Å². The molecule has 0 N–H and O–H groups in total. The summed E-state index contributed by atoms with van der Waals surface area (Å²) in [5, 5.41) is 0. The van der Waals surface area contributed by atoms with Crippen molar-refractivity contribution in [3.8, 4) is 11.5 Å². The Bertz CT molecular complexity index is 1240. The molecular formula is C30H31NO4. The van der Waals surface area contributed by atoms with Gasteiger partial charge in [0.25, 0.3) is 0 Å². The highest BCUT2D eigenvalue weighted by Gasteiger charge is 2.26. The maximum absolute atomic E-state index is 11.6. The van der Waals surface area contributed by atoms with Crippen molar-refractivity contribution in [1.82, 2.24) is 0 Å². The fourth-order valence-corrected chi connectivity index (χ4v) is 4.10. The number of ether oxygens (including phenoxy) is 3. The minimum absolute atomic E-state index is 0.382. The van der Waals surface area contributed by atoms with Crippen LogP contribution in [0.1, 0.15) is 36.1 Å². The maximum Gasteiger partial charge on any atom is 0.330 e. The lowest BCUT2D eigenvalue weighted by Gasteiger charge is -2.31. The Morgan fingerprint density at radius 2 is 1.80 bits per heavy atom. The standard InChI is InChI=1S/C30H31NO4/c1-30(2)18-17-24-14-15-25(28(34-4)29(24)35-30)21-31(20-23-9-6-5-7-10-23)26-12-8-11-22(19-26)13-16-27(32)33-3/h5-19H,20-21H2,1-4H3/b16-13+. The van der Waals surface area contributed by atoms with Gasteiger partial charge in [0.1, 0.15) is 5.60 Å². The summed E-state index contributed by atoms with van der Waals surface area (Å²) in [7, 11) is 3.06. The lowest BCUT2D eigenvalue weighted by atomic mass is 9.99. The Labute approximate surface area is 207 Å². The number of rotatable bonds is 8. The Balaban J connectivity index is 1.71. The first-order valence-corrected chi connectivity index (χ1v) is 11.6. The van der Waals surface area contributed by atoms with Gasteiger partial charge in [0, 0.05) is 36.0 Å². The number of hydrogen-bond donors (Lipinski definition) is 0. The van der Waals surface area contributed by atoms with Gasteiger partial charge in [-0.2, -0.15) is 0 Å². The zero-order valence-corrected chi connectivity index (χ0v) is 20.7. The first-order valence-electron chi connectivity index (χ1n) is 11.6. The van der Waals surface area contributed by atoms with E-state index < -0.39 is 5.60 Å². The molecule has 0 radical (unpaired) electrons. The Morgan fingerprint density at radius 3 is 2.54 bits per heavy atom. The van der Waals surface area contributed by atoms with Gasteiger partial charge in [0.2, 0.25) is 0 Å². The predicted octanol–water partition coefficient (Wildman–Crippen LogP) is 6.27. The third-order valence-electron chi connectivity index (χ3n) is 5.88. The molecule has 0 atom stereocenters. The fraction of sp³-hybridized carbons (Fsp3) is 0.233. The van der Waals surface area contributed by atoms with E-state index in [0.717, 1.165) is 33.9 Å². The summed E-state index contributed by atoms with van der Waals surface area (Å²) < 4.78 is 16.9. The molecule has 4 rings (SSSR count). The van der Waals surface area contributed by atoms with Crippen molar-refractivity contribution >= 4 is 23.8 Å². The summed E-state index contributed by atoms with van der Waals surface area (Å²) in [6, 6.07) is 22.6. The van der Waals surface area contributed by atoms with Crippen molar-refractivity contribution in [2.24, 2.45) is 0 Å². The minimum Gasteiger partial charge on any atom is -0.492 e. The van der Waals surface area contributed by atoms with Gasteiger partial charge in [0.05, 0.1) is 14.2 Å². The fourth-order valence-electron chi connectivity index (χ4n) is 4.10. The quantitative estimate of drug-likeness (QED) is 0.287. The SMILES string of the molecule is COC(=O)/C=C/c1cccc(N(Cc2ccccc2)Cc2ccc3c(c2OC)OC(C)(C)C=C3)c1. The van der Waals surface area contributed by atoms with Crippen molar-refractivity contribution in [2.45, 2.75) is 32.5 Å². The van der Waals surface area contributed by atoms with E-state index in [1.54, 1.807) is 13.2 Å². The molecule has 1 aliphatic heterocycles. The second kappa shape index (κ2) is 10.5. The molecule has 35 heavy (non-hydrogen) atoms. The second-order valence-corrected chi connectivity index (χ2v) is 9.01. The van der Waals surface area contributed by atoms with E-state index in [4.69, 9.17) is 14.2 Å². The molecule has 5 heteroatoms. The minimum atomic E-state index is -0.400. The van der Waals surface area contributed by atoms with Gasteiger partial charge in [-0.3, -0.25) is 0 Å². The molecule has 0 spiro atoms. The lowest BCUT2D eigenvalue weighted by Crippen LogP contribution is -2.28. The molecule has 0 aliphatic carbocycles. The van der Waals surface area contributed by atoms with Crippen LogP contribution in [0, 0.1) is 0 Å². The average Bonchev–Trinajstić information content (AvgIpc) is 2.87. The van der Waals surface area contributed by atoms with E-state index >= 15 is 0 Å². The normalized spacial score (nSPS) is 13.7. The van der Waals surface area contributed by atoms with Gasteiger partial charge in [-0.05, 0) is 49.3 Å². The Morgan fingerprint density at radius 1 is 1.00 bits per heavy atom. The zero-order valence-electron chi connectivity index (χ0n) is 20.7. The Hall–Kier alpha value is -3.99. The Kier molecular flexibility index (Phi) is 7.25. The first kappa shape index (κ1) is 24.1. The monoisotopic (exact) mass is 469 g/mol. The van der Waals surface area contributed by atoms with Crippen molar-refractivity contribution in [3.63, 3.8) is 0 Å². The molecule has 0 bridgehead atoms. The van der Waals surface area contributed by atoms with Gasteiger partial charge < -0.3 is 19.1 Å². The molecule has 0 unspecified atom stereocenters. The van der Waals surface area contributed by atoms with Crippen LogP contribution in [0.4, 0.5) is 5.69 Å². The van der Waals surface area contributed by atoms with E-state index in [1.165, 1.54) is 18.7 Å². The molecule has 3 aromatic carbocycles.